The highest BCUT2D eigenvalue weighted by Crippen LogP contribution is 2.07. The molecule has 0 spiro atoms. The average Bonchev–Trinajstić information content (AvgIpc) is 3.03. The van der Waals surface area contributed by atoms with E-state index in [1.54, 1.807) is 4.68 Å². The summed E-state index contributed by atoms with van der Waals surface area (Å²) in [4.78, 5) is 15.8. The molecule has 0 aromatic carbocycles. The molecule has 2 heterocycles. The third-order valence-electron chi connectivity index (χ3n) is 3.23. The van der Waals surface area contributed by atoms with E-state index in [9.17, 15) is 4.79 Å². The number of amides is 1. The number of aromatic nitrogens is 4. The van der Waals surface area contributed by atoms with E-state index >= 15 is 0 Å². The molecule has 7 heteroatoms. The highest BCUT2D eigenvalue weighted by Gasteiger charge is 2.15. The van der Waals surface area contributed by atoms with Crippen LogP contribution in [0.5, 0.6) is 0 Å². The van der Waals surface area contributed by atoms with Gasteiger partial charge in [-0.15, -0.1) is 0 Å². The third-order valence-corrected chi connectivity index (χ3v) is 3.23. The zero-order valence-corrected chi connectivity index (χ0v) is 14.2. The van der Waals surface area contributed by atoms with Crippen LogP contribution >= 0.6 is 0 Å². The first kappa shape index (κ1) is 17.1. The van der Waals surface area contributed by atoms with Crippen LogP contribution in [0.1, 0.15) is 32.2 Å². The standard InChI is InChI=1S/C16H25N5O2/c1-16(2,3)23-15(22)18-8-5-14-11-17-12-21(14)10-7-13-6-9-20(4)19-13/h6,9,11-12H,5,7-8,10H2,1-4H3,(H,18,22). The van der Waals surface area contributed by atoms with Gasteiger partial charge in [0.2, 0.25) is 0 Å². The molecule has 0 aliphatic carbocycles. The fourth-order valence-corrected chi connectivity index (χ4v) is 2.20. The van der Waals surface area contributed by atoms with Crippen molar-refractivity contribution in [1.29, 1.82) is 0 Å². The van der Waals surface area contributed by atoms with Crippen molar-refractivity contribution in [3.63, 3.8) is 0 Å². The quantitative estimate of drug-likeness (QED) is 0.883. The van der Waals surface area contributed by atoms with Gasteiger partial charge < -0.3 is 14.6 Å². The molecule has 7 nitrogen and oxygen atoms in total. The van der Waals surface area contributed by atoms with Gasteiger partial charge in [-0.2, -0.15) is 5.10 Å². The monoisotopic (exact) mass is 319 g/mol. The maximum atomic E-state index is 11.6. The lowest BCUT2D eigenvalue weighted by atomic mass is 10.2. The molecular weight excluding hydrogens is 294 g/mol. The molecule has 0 radical (unpaired) electrons. The number of nitrogens with one attached hydrogen (secondary N) is 1. The summed E-state index contributed by atoms with van der Waals surface area (Å²) in [5, 5.41) is 7.13. The molecule has 1 N–H and O–H groups in total. The third kappa shape index (κ3) is 5.77. The maximum absolute atomic E-state index is 11.6. The van der Waals surface area contributed by atoms with Crippen LogP contribution in [0.15, 0.2) is 24.8 Å². The summed E-state index contributed by atoms with van der Waals surface area (Å²) >= 11 is 0. The number of hydrogen-bond donors (Lipinski definition) is 1. The van der Waals surface area contributed by atoms with Crippen LogP contribution in [-0.2, 0) is 31.2 Å². The molecule has 23 heavy (non-hydrogen) atoms. The Morgan fingerprint density at radius 1 is 1.35 bits per heavy atom. The van der Waals surface area contributed by atoms with E-state index < -0.39 is 11.7 Å². The molecule has 0 bridgehead atoms. The lowest BCUT2D eigenvalue weighted by molar-refractivity contribution is 0.0528. The Morgan fingerprint density at radius 3 is 2.78 bits per heavy atom. The van der Waals surface area contributed by atoms with Crippen molar-refractivity contribution in [2.24, 2.45) is 7.05 Å². The Balaban J connectivity index is 1.78. The van der Waals surface area contributed by atoms with Gasteiger partial charge in [0.15, 0.2) is 0 Å². The summed E-state index contributed by atoms with van der Waals surface area (Å²) in [5.74, 6) is 0. The summed E-state index contributed by atoms with van der Waals surface area (Å²) in [6.45, 7) is 6.88. The van der Waals surface area contributed by atoms with E-state index in [0.29, 0.717) is 13.0 Å². The van der Waals surface area contributed by atoms with Crippen molar-refractivity contribution in [2.45, 2.75) is 45.8 Å². The van der Waals surface area contributed by atoms with Gasteiger partial charge in [-0.1, -0.05) is 0 Å². The highest BCUT2D eigenvalue weighted by atomic mass is 16.6. The second-order valence-electron chi connectivity index (χ2n) is 6.49. The maximum Gasteiger partial charge on any atom is 0.407 e. The summed E-state index contributed by atoms with van der Waals surface area (Å²) in [7, 11) is 1.91. The SMILES string of the molecule is Cn1ccc(CCn2cncc2CCNC(=O)OC(C)(C)C)n1. The van der Waals surface area contributed by atoms with E-state index in [-0.39, 0.29) is 0 Å². The number of carbonyl (C=O) groups excluding carboxylic acids is 1. The molecule has 0 unspecified atom stereocenters. The van der Waals surface area contributed by atoms with Crippen molar-refractivity contribution >= 4 is 6.09 Å². The van der Waals surface area contributed by atoms with Crippen molar-refractivity contribution < 1.29 is 9.53 Å². The molecule has 0 saturated carbocycles. The normalized spacial score (nSPS) is 11.5. The largest absolute Gasteiger partial charge is 0.444 e. The molecule has 2 aromatic heterocycles. The zero-order valence-electron chi connectivity index (χ0n) is 14.2. The first-order valence-corrected chi connectivity index (χ1v) is 7.78. The molecule has 0 saturated heterocycles. The van der Waals surface area contributed by atoms with Gasteiger partial charge in [0, 0.05) is 51.1 Å². The summed E-state index contributed by atoms with van der Waals surface area (Å²) in [5.41, 5.74) is 1.66. The van der Waals surface area contributed by atoms with Crippen LogP contribution in [0, 0.1) is 0 Å². The van der Waals surface area contributed by atoms with E-state index in [1.165, 1.54) is 0 Å². The highest BCUT2D eigenvalue weighted by molar-refractivity contribution is 5.67. The van der Waals surface area contributed by atoms with E-state index in [4.69, 9.17) is 4.74 Å². The van der Waals surface area contributed by atoms with Crippen molar-refractivity contribution in [3.05, 3.63) is 36.2 Å². The van der Waals surface area contributed by atoms with Gasteiger partial charge in [-0.25, -0.2) is 9.78 Å². The van der Waals surface area contributed by atoms with Crippen molar-refractivity contribution in [2.75, 3.05) is 6.54 Å². The molecule has 0 aliphatic heterocycles. The number of nitrogens with zero attached hydrogens (tertiary/aromatic N) is 4. The zero-order chi connectivity index (χ0) is 16.9. The van der Waals surface area contributed by atoms with Crippen molar-refractivity contribution in [1.82, 2.24) is 24.6 Å². The van der Waals surface area contributed by atoms with Gasteiger partial charge in [0.05, 0.1) is 12.0 Å². The summed E-state index contributed by atoms with van der Waals surface area (Å²) in [6, 6.07) is 2.01. The molecular formula is C16H25N5O2. The predicted octanol–water partition coefficient (Wildman–Crippen LogP) is 1.93. The smallest absolute Gasteiger partial charge is 0.407 e. The minimum Gasteiger partial charge on any atom is -0.444 e. The minimum absolute atomic E-state index is 0.392. The fraction of sp³-hybridized carbons (Fsp3) is 0.562. The Hall–Kier alpha value is -2.31. The number of carbonyl (C=O) groups is 1. The Labute approximate surface area is 136 Å². The number of rotatable bonds is 6. The van der Waals surface area contributed by atoms with Crippen LogP contribution < -0.4 is 5.32 Å². The molecule has 0 aliphatic rings. The topological polar surface area (TPSA) is 74.0 Å². The average molecular weight is 319 g/mol. The first-order chi connectivity index (χ1) is 10.8. The van der Waals surface area contributed by atoms with Crippen LogP contribution in [0.3, 0.4) is 0 Å². The van der Waals surface area contributed by atoms with Gasteiger partial charge in [-0.3, -0.25) is 4.68 Å². The van der Waals surface area contributed by atoms with E-state index in [0.717, 1.165) is 24.4 Å². The summed E-state index contributed by atoms with van der Waals surface area (Å²) in [6.07, 6.45) is 6.75. The van der Waals surface area contributed by atoms with Gasteiger partial charge >= 0.3 is 6.09 Å². The molecule has 2 rings (SSSR count). The predicted molar refractivity (Wildman–Crippen MR) is 87.1 cm³/mol. The minimum atomic E-state index is -0.478. The van der Waals surface area contributed by atoms with E-state index in [2.05, 4.69) is 20.0 Å². The Kier molecular flexibility index (Phi) is 5.41. The first-order valence-electron chi connectivity index (χ1n) is 7.78. The molecule has 0 atom stereocenters. The number of ether oxygens (including phenoxy) is 1. The number of alkyl carbamates (subject to hydrolysis) is 1. The van der Waals surface area contributed by atoms with Gasteiger partial charge in [0.25, 0.3) is 0 Å². The van der Waals surface area contributed by atoms with E-state index in [1.807, 2.05) is 52.6 Å². The van der Waals surface area contributed by atoms with Crippen molar-refractivity contribution in [3.8, 4) is 0 Å². The second kappa shape index (κ2) is 7.30. The molecule has 2 aromatic rings. The van der Waals surface area contributed by atoms with Crippen LogP contribution in [0.2, 0.25) is 0 Å². The number of imidazole rings is 1. The lowest BCUT2D eigenvalue weighted by Crippen LogP contribution is -2.33. The van der Waals surface area contributed by atoms with Crippen LogP contribution in [-0.4, -0.2) is 37.6 Å². The number of aryl methyl sites for hydroxylation is 3. The number of hydrogen-bond acceptors (Lipinski definition) is 4. The van der Waals surface area contributed by atoms with Crippen LogP contribution in [0.25, 0.3) is 0 Å². The Bertz CT molecular complexity index is 639. The Morgan fingerprint density at radius 2 is 2.13 bits per heavy atom. The summed E-state index contributed by atoms with van der Waals surface area (Å²) < 4.78 is 9.10. The fourth-order valence-electron chi connectivity index (χ4n) is 2.20. The van der Waals surface area contributed by atoms with Gasteiger partial charge in [-0.05, 0) is 26.8 Å². The van der Waals surface area contributed by atoms with Gasteiger partial charge in [0.1, 0.15) is 5.60 Å². The van der Waals surface area contributed by atoms with Crippen LogP contribution in [0.4, 0.5) is 4.79 Å². The lowest BCUT2D eigenvalue weighted by Gasteiger charge is -2.19. The molecule has 126 valence electrons. The second-order valence-corrected chi connectivity index (χ2v) is 6.49. The molecule has 0 fully saturated rings. The molecule has 1 amide bonds.